The lowest BCUT2D eigenvalue weighted by Crippen LogP contribution is -2.10. The molecular formula is C11H13N5. The first-order valence-electron chi connectivity index (χ1n) is 4.91. The number of anilines is 3. The molecule has 4 N–H and O–H groups in total. The number of nitrogens with two attached hydrogens (primary N) is 1. The van der Waals surface area contributed by atoms with Gasteiger partial charge in [0.05, 0.1) is 0 Å². The molecule has 0 radical (unpaired) electrons. The molecule has 5 nitrogen and oxygen atoms in total. The van der Waals surface area contributed by atoms with Crippen molar-refractivity contribution < 1.29 is 0 Å². The number of hydrazine groups is 1. The fraction of sp³-hybridized carbons (Fsp3) is 0.0909. The van der Waals surface area contributed by atoms with Gasteiger partial charge in [0, 0.05) is 11.9 Å². The fourth-order valence-corrected chi connectivity index (χ4v) is 1.37. The Morgan fingerprint density at radius 1 is 1.25 bits per heavy atom. The molecule has 0 fully saturated rings. The molecule has 82 valence electrons. The van der Waals surface area contributed by atoms with Gasteiger partial charge in [-0.3, -0.25) is 5.43 Å². The van der Waals surface area contributed by atoms with E-state index >= 15 is 0 Å². The average Bonchev–Trinajstić information content (AvgIpc) is 2.29. The molecule has 2 rings (SSSR count). The monoisotopic (exact) mass is 215 g/mol. The van der Waals surface area contributed by atoms with E-state index in [0.717, 1.165) is 5.69 Å². The van der Waals surface area contributed by atoms with Gasteiger partial charge in [0.2, 0.25) is 5.95 Å². The first-order valence-corrected chi connectivity index (χ1v) is 4.91. The van der Waals surface area contributed by atoms with Crippen LogP contribution in [0.1, 0.15) is 5.56 Å². The van der Waals surface area contributed by atoms with Crippen LogP contribution in [0.4, 0.5) is 17.5 Å². The summed E-state index contributed by atoms with van der Waals surface area (Å²) in [6.45, 7) is 2.04. The summed E-state index contributed by atoms with van der Waals surface area (Å²) in [7, 11) is 0. The van der Waals surface area contributed by atoms with Crippen molar-refractivity contribution in [2.45, 2.75) is 6.92 Å². The maximum atomic E-state index is 5.23. The van der Waals surface area contributed by atoms with Crippen molar-refractivity contribution in [2.24, 2.45) is 5.84 Å². The number of hydrogen-bond donors (Lipinski definition) is 3. The molecule has 0 aliphatic heterocycles. The predicted molar refractivity (Wildman–Crippen MR) is 64.3 cm³/mol. The SMILES string of the molecule is Cc1cccc(Nc2ccnc(NN)n2)c1. The van der Waals surface area contributed by atoms with Gasteiger partial charge in [0.25, 0.3) is 0 Å². The molecule has 1 aromatic heterocycles. The van der Waals surface area contributed by atoms with Gasteiger partial charge in [-0.15, -0.1) is 0 Å². The Kier molecular flexibility index (Phi) is 2.98. The molecule has 0 amide bonds. The minimum absolute atomic E-state index is 0.387. The Bertz CT molecular complexity index is 483. The highest BCUT2D eigenvalue weighted by atomic mass is 15.3. The molecule has 0 atom stereocenters. The zero-order chi connectivity index (χ0) is 11.4. The van der Waals surface area contributed by atoms with Gasteiger partial charge in [0.1, 0.15) is 5.82 Å². The summed E-state index contributed by atoms with van der Waals surface area (Å²) in [6, 6.07) is 9.82. The Labute approximate surface area is 93.7 Å². The van der Waals surface area contributed by atoms with Crippen molar-refractivity contribution in [3.63, 3.8) is 0 Å². The summed E-state index contributed by atoms with van der Waals surface area (Å²) >= 11 is 0. The topological polar surface area (TPSA) is 75.9 Å². The molecule has 5 heteroatoms. The Balaban J connectivity index is 2.20. The number of aryl methyl sites for hydroxylation is 1. The number of nitrogen functional groups attached to an aromatic ring is 1. The lowest BCUT2D eigenvalue weighted by molar-refractivity contribution is 1.12. The van der Waals surface area contributed by atoms with Crippen molar-refractivity contribution in [3.8, 4) is 0 Å². The Morgan fingerprint density at radius 3 is 2.88 bits per heavy atom. The smallest absolute Gasteiger partial charge is 0.239 e. The minimum atomic E-state index is 0.387. The van der Waals surface area contributed by atoms with Gasteiger partial charge in [-0.1, -0.05) is 12.1 Å². The van der Waals surface area contributed by atoms with Crippen molar-refractivity contribution in [1.82, 2.24) is 9.97 Å². The number of nitrogens with one attached hydrogen (secondary N) is 2. The molecule has 1 aromatic carbocycles. The van der Waals surface area contributed by atoms with Crippen LogP contribution < -0.4 is 16.6 Å². The average molecular weight is 215 g/mol. The van der Waals surface area contributed by atoms with E-state index in [2.05, 4.69) is 20.7 Å². The van der Waals surface area contributed by atoms with Crippen LogP contribution in [0.25, 0.3) is 0 Å². The largest absolute Gasteiger partial charge is 0.340 e. The summed E-state index contributed by atoms with van der Waals surface area (Å²) in [5.41, 5.74) is 4.58. The van der Waals surface area contributed by atoms with Gasteiger partial charge in [-0.25, -0.2) is 10.8 Å². The van der Waals surface area contributed by atoms with Crippen LogP contribution >= 0.6 is 0 Å². The van der Waals surface area contributed by atoms with E-state index in [9.17, 15) is 0 Å². The molecule has 0 spiro atoms. The third-order valence-electron chi connectivity index (χ3n) is 2.08. The summed E-state index contributed by atoms with van der Waals surface area (Å²) in [6.07, 6.45) is 1.64. The highest BCUT2D eigenvalue weighted by Crippen LogP contribution is 2.15. The van der Waals surface area contributed by atoms with Crippen molar-refractivity contribution in [3.05, 3.63) is 42.1 Å². The second kappa shape index (κ2) is 4.59. The zero-order valence-corrected chi connectivity index (χ0v) is 8.94. The van der Waals surface area contributed by atoms with Crippen molar-refractivity contribution in [2.75, 3.05) is 10.7 Å². The lowest BCUT2D eigenvalue weighted by Gasteiger charge is -2.06. The van der Waals surface area contributed by atoms with Crippen molar-refractivity contribution in [1.29, 1.82) is 0 Å². The van der Waals surface area contributed by atoms with E-state index < -0.39 is 0 Å². The van der Waals surface area contributed by atoms with Gasteiger partial charge < -0.3 is 5.32 Å². The number of benzene rings is 1. The van der Waals surface area contributed by atoms with Gasteiger partial charge >= 0.3 is 0 Å². The highest BCUT2D eigenvalue weighted by molar-refractivity contribution is 5.57. The fourth-order valence-electron chi connectivity index (χ4n) is 1.37. The van der Waals surface area contributed by atoms with Gasteiger partial charge in [-0.2, -0.15) is 4.98 Å². The van der Waals surface area contributed by atoms with Crippen LogP contribution in [0.2, 0.25) is 0 Å². The van der Waals surface area contributed by atoms with E-state index in [0.29, 0.717) is 11.8 Å². The maximum Gasteiger partial charge on any atom is 0.239 e. The van der Waals surface area contributed by atoms with E-state index in [1.165, 1.54) is 5.56 Å². The summed E-state index contributed by atoms with van der Waals surface area (Å²) in [5.74, 6) is 6.32. The van der Waals surface area contributed by atoms with Crippen LogP contribution in [-0.2, 0) is 0 Å². The first kappa shape index (κ1) is 10.4. The van der Waals surface area contributed by atoms with Crippen LogP contribution in [-0.4, -0.2) is 9.97 Å². The second-order valence-corrected chi connectivity index (χ2v) is 3.40. The summed E-state index contributed by atoms with van der Waals surface area (Å²) in [5, 5.41) is 3.17. The number of aromatic nitrogens is 2. The quantitative estimate of drug-likeness (QED) is 0.537. The molecule has 1 heterocycles. The predicted octanol–water partition coefficient (Wildman–Crippen LogP) is 1.81. The number of hydrogen-bond acceptors (Lipinski definition) is 5. The van der Waals surface area contributed by atoms with E-state index in [1.807, 2.05) is 31.2 Å². The van der Waals surface area contributed by atoms with E-state index in [4.69, 9.17) is 5.84 Å². The van der Waals surface area contributed by atoms with Crippen molar-refractivity contribution >= 4 is 17.5 Å². The molecular weight excluding hydrogens is 202 g/mol. The van der Waals surface area contributed by atoms with Gasteiger partial charge in [-0.05, 0) is 30.7 Å². The van der Waals surface area contributed by atoms with Crippen LogP contribution in [0.5, 0.6) is 0 Å². The van der Waals surface area contributed by atoms with Gasteiger partial charge in [0.15, 0.2) is 0 Å². The number of rotatable bonds is 3. The van der Waals surface area contributed by atoms with Crippen LogP contribution in [0, 0.1) is 6.92 Å². The van der Waals surface area contributed by atoms with Crippen LogP contribution in [0.3, 0.4) is 0 Å². The minimum Gasteiger partial charge on any atom is -0.340 e. The first-order chi connectivity index (χ1) is 7.78. The molecule has 0 saturated carbocycles. The highest BCUT2D eigenvalue weighted by Gasteiger charge is 1.98. The molecule has 0 saturated heterocycles. The second-order valence-electron chi connectivity index (χ2n) is 3.40. The standard InChI is InChI=1S/C11H13N5/c1-8-3-2-4-9(7-8)14-10-5-6-13-11(15-10)16-12/h2-7H,12H2,1H3,(H2,13,14,15,16). The molecule has 0 aliphatic rings. The molecule has 16 heavy (non-hydrogen) atoms. The molecule has 0 bridgehead atoms. The Morgan fingerprint density at radius 2 is 2.12 bits per heavy atom. The van der Waals surface area contributed by atoms with E-state index in [-0.39, 0.29) is 0 Å². The molecule has 0 aliphatic carbocycles. The van der Waals surface area contributed by atoms with Crippen LogP contribution in [0.15, 0.2) is 36.5 Å². The Hall–Kier alpha value is -2.14. The third kappa shape index (κ3) is 2.46. The molecule has 0 unspecified atom stereocenters. The number of nitrogens with zero attached hydrogens (tertiary/aromatic N) is 2. The molecule has 2 aromatic rings. The zero-order valence-electron chi connectivity index (χ0n) is 8.94. The summed E-state index contributed by atoms with van der Waals surface area (Å²) < 4.78 is 0. The summed E-state index contributed by atoms with van der Waals surface area (Å²) in [4.78, 5) is 8.09. The van der Waals surface area contributed by atoms with E-state index in [1.54, 1.807) is 12.3 Å². The maximum absolute atomic E-state index is 5.23. The lowest BCUT2D eigenvalue weighted by atomic mass is 10.2. The normalized spacial score (nSPS) is 9.88. The third-order valence-corrected chi connectivity index (χ3v) is 2.08.